The third-order valence-electron chi connectivity index (χ3n) is 3.45. The molecule has 1 aromatic carbocycles. The number of rotatable bonds is 3. The highest BCUT2D eigenvalue weighted by Gasteiger charge is 2.25. The van der Waals surface area contributed by atoms with Crippen molar-refractivity contribution in [2.75, 3.05) is 0 Å². The van der Waals surface area contributed by atoms with Gasteiger partial charge in [-0.1, -0.05) is 0 Å². The third kappa shape index (κ3) is 1.97. The fraction of sp³-hybridized carbons (Fsp3) is 0. The average molecular weight is 331 g/mol. The maximum absolute atomic E-state index is 12.1. The molecule has 2 aromatic heterocycles. The van der Waals surface area contributed by atoms with Crippen molar-refractivity contribution in [2.24, 2.45) is 0 Å². The van der Waals surface area contributed by atoms with Gasteiger partial charge in [-0.3, -0.25) is 5.11 Å². The molecule has 3 rings (SSSR count). The molecule has 1 radical (unpaired) electrons. The van der Waals surface area contributed by atoms with Crippen LogP contribution >= 0.6 is 0 Å². The zero-order valence-corrected chi connectivity index (χ0v) is 11.5. The lowest BCUT2D eigenvalue weighted by atomic mass is 10.0. The van der Waals surface area contributed by atoms with Crippen molar-refractivity contribution < 1.29 is 39.9 Å². The van der Waals surface area contributed by atoms with Crippen LogP contribution in [-0.2, 0) is 5.11 Å². The minimum absolute atomic E-state index is 0.254. The number of benzene rings is 1. The van der Waals surface area contributed by atoms with Crippen LogP contribution in [0.3, 0.4) is 0 Å². The molecule has 0 bridgehead atoms. The molecule has 0 saturated carbocycles. The molecular formula is C14H7N2O8. The zero-order chi connectivity index (χ0) is 17.8. The van der Waals surface area contributed by atoms with E-state index in [0.717, 1.165) is 12.1 Å². The van der Waals surface area contributed by atoms with Crippen LogP contribution in [0.5, 0.6) is 11.5 Å². The van der Waals surface area contributed by atoms with Crippen LogP contribution in [0.25, 0.3) is 21.8 Å². The number of carbonyl (C=O) groups is 3. The number of carboxylic acids is 3. The highest BCUT2D eigenvalue weighted by molar-refractivity contribution is 6.19. The van der Waals surface area contributed by atoms with E-state index in [1.54, 1.807) is 0 Å². The molecule has 0 saturated heterocycles. The maximum Gasteiger partial charge on any atom is 0.354 e. The predicted molar refractivity (Wildman–Crippen MR) is 76.3 cm³/mol. The first-order chi connectivity index (χ1) is 11.2. The zero-order valence-electron chi connectivity index (χ0n) is 11.5. The van der Waals surface area contributed by atoms with Crippen LogP contribution in [-0.4, -0.2) is 48.3 Å². The Balaban J connectivity index is 2.62. The summed E-state index contributed by atoms with van der Waals surface area (Å²) >= 11 is 0. The second kappa shape index (κ2) is 4.84. The van der Waals surface area contributed by atoms with E-state index in [1.807, 2.05) is 0 Å². The van der Waals surface area contributed by atoms with E-state index in [0.29, 0.717) is 0 Å². The van der Waals surface area contributed by atoms with E-state index >= 15 is 0 Å². The fourth-order valence-corrected chi connectivity index (χ4v) is 2.42. The molecule has 121 valence electrons. The number of pyridine rings is 1. The van der Waals surface area contributed by atoms with Crippen LogP contribution in [0.15, 0.2) is 12.1 Å². The monoisotopic (exact) mass is 331 g/mol. The van der Waals surface area contributed by atoms with Crippen molar-refractivity contribution in [2.45, 2.75) is 0 Å². The number of phenols is 1. The number of nitrogens with zero attached hydrogens (tertiary/aromatic N) is 1. The number of H-pyrrole nitrogens is 1. The van der Waals surface area contributed by atoms with Gasteiger partial charge < -0.3 is 25.4 Å². The Hall–Kier alpha value is -3.82. The summed E-state index contributed by atoms with van der Waals surface area (Å²) in [5, 5.41) is 48.9. The first-order valence-corrected chi connectivity index (χ1v) is 6.31. The van der Waals surface area contributed by atoms with Crippen molar-refractivity contribution >= 4 is 39.7 Å². The largest absolute Gasteiger partial charge is 0.503 e. The lowest BCUT2D eigenvalue weighted by molar-refractivity contribution is 0.0678. The summed E-state index contributed by atoms with van der Waals surface area (Å²) in [6.07, 6.45) is 0. The number of aromatic nitrogens is 2. The van der Waals surface area contributed by atoms with E-state index in [-0.39, 0.29) is 16.3 Å². The van der Waals surface area contributed by atoms with Gasteiger partial charge in [-0.2, -0.15) is 0 Å². The van der Waals surface area contributed by atoms with E-state index < -0.39 is 51.9 Å². The Morgan fingerprint density at radius 1 is 1.00 bits per heavy atom. The second-order valence-electron chi connectivity index (χ2n) is 4.84. The van der Waals surface area contributed by atoms with Gasteiger partial charge in [-0.25, -0.2) is 19.4 Å². The van der Waals surface area contributed by atoms with Gasteiger partial charge >= 0.3 is 17.9 Å². The van der Waals surface area contributed by atoms with Crippen LogP contribution in [0.1, 0.15) is 31.3 Å². The van der Waals surface area contributed by atoms with Gasteiger partial charge in [0.1, 0.15) is 11.4 Å². The van der Waals surface area contributed by atoms with Crippen molar-refractivity contribution in [1.82, 2.24) is 9.97 Å². The van der Waals surface area contributed by atoms with Crippen molar-refractivity contribution in [3.63, 3.8) is 0 Å². The summed E-state index contributed by atoms with van der Waals surface area (Å²) in [6.45, 7) is 0. The van der Waals surface area contributed by atoms with Gasteiger partial charge in [0.05, 0.1) is 22.0 Å². The van der Waals surface area contributed by atoms with Crippen molar-refractivity contribution in [3.8, 4) is 11.5 Å². The number of aromatic hydroxyl groups is 1. The van der Waals surface area contributed by atoms with E-state index in [4.69, 9.17) is 10.2 Å². The van der Waals surface area contributed by atoms with Gasteiger partial charge in [0.25, 0.3) is 0 Å². The summed E-state index contributed by atoms with van der Waals surface area (Å²) in [5.41, 5.74) is -2.32. The van der Waals surface area contributed by atoms with Crippen LogP contribution in [0.4, 0.5) is 0 Å². The first-order valence-electron chi connectivity index (χ1n) is 6.31. The molecule has 2 heterocycles. The maximum atomic E-state index is 12.1. The number of carboxylic acid groups (broad SMARTS) is 3. The molecule has 0 aliphatic rings. The standard InChI is InChI=1S/C14H7N2O8/c17-10-4-2-6(14(23)24)15-8(4)7-3(12(19)20)1-5(13(21)22)16-9(7)11(10)18/h1-2,16,18H,(H,19,20)(H,21,22)(H,23,24). The SMILES string of the molecule is [O]c1c(O)c2[nH]c(C(=O)O)cc(C(=O)O)c2c2nc(C(=O)O)cc12. The molecular weight excluding hydrogens is 324 g/mol. The molecule has 10 heteroatoms. The average Bonchev–Trinajstić information content (AvgIpc) is 2.96. The minimum Gasteiger partial charge on any atom is -0.503 e. The summed E-state index contributed by atoms with van der Waals surface area (Å²) in [5.74, 6) is -6.40. The smallest absolute Gasteiger partial charge is 0.354 e. The minimum atomic E-state index is -1.53. The summed E-state index contributed by atoms with van der Waals surface area (Å²) in [6, 6.07) is 1.71. The van der Waals surface area contributed by atoms with E-state index in [2.05, 4.69) is 9.97 Å². The van der Waals surface area contributed by atoms with Gasteiger partial charge in [0.15, 0.2) is 5.75 Å². The molecule has 0 atom stereocenters. The molecule has 0 unspecified atom stereocenters. The van der Waals surface area contributed by atoms with E-state index in [9.17, 15) is 29.7 Å². The topological polar surface area (TPSA) is 181 Å². The Bertz CT molecular complexity index is 1070. The predicted octanol–water partition coefficient (Wildman–Crippen LogP) is 1.66. The quantitative estimate of drug-likeness (QED) is 0.480. The molecule has 10 nitrogen and oxygen atoms in total. The Labute approximate surface area is 131 Å². The lowest BCUT2D eigenvalue weighted by Crippen LogP contribution is -2.07. The summed E-state index contributed by atoms with van der Waals surface area (Å²) in [7, 11) is 0. The Morgan fingerprint density at radius 3 is 2.21 bits per heavy atom. The third-order valence-corrected chi connectivity index (χ3v) is 3.45. The molecule has 0 aliphatic carbocycles. The number of phenolic OH excluding ortho intramolecular Hbond substituents is 1. The van der Waals surface area contributed by atoms with Gasteiger partial charge in [0, 0.05) is 5.39 Å². The molecule has 0 spiro atoms. The molecule has 0 aliphatic heterocycles. The summed E-state index contributed by atoms with van der Waals surface area (Å²) in [4.78, 5) is 39.6. The molecule has 0 amide bonds. The molecule has 0 fully saturated rings. The normalized spacial score (nSPS) is 11.0. The van der Waals surface area contributed by atoms with Crippen molar-refractivity contribution in [1.29, 1.82) is 0 Å². The summed E-state index contributed by atoms with van der Waals surface area (Å²) < 4.78 is 0. The number of hydrogen-bond donors (Lipinski definition) is 5. The fourth-order valence-electron chi connectivity index (χ4n) is 2.42. The van der Waals surface area contributed by atoms with Gasteiger partial charge in [0.2, 0.25) is 5.75 Å². The highest BCUT2D eigenvalue weighted by atomic mass is 16.4. The number of nitrogens with one attached hydrogen (secondary N) is 1. The number of aromatic carboxylic acids is 3. The van der Waals surface area contributed by atoms with E-state index in [1.165, 1.54) is 0 Å². The molecule has 24 heavy (non-hydrogen) atoms. The van der Waals surface area contributed by atoms with Gasteiger partial charge in [-0.05, 0) is 12.1 Å². The lowest BCUT2D eigenvalue weighted by Gasteiger charge is -2.09. The molecule has 3 aromatic rings. The number of fused-ring (bicyclic) bond motifs is 3. The van der Waals surface area contributed by atoms with Crippen molar-refractivity contribution in [3.05, 3.63) is 29.1 Å². The first kappa shape index (κ1) is 15.1. The van der Waals surface area contributed by atoms with Crippen LogP contribution in [0.2, 0.25) is 0 Å². The molecule has 5 N–H and O–H groups in total. The highest BCUT2D eigenvalue weighted by Crippen LogP contribution is 2.43. The van der Waals surface area contributed by atoms with Crippen LogP contribution < -0.4 is 0 Å². The van der Waals surface area contributed by atoms with Crippen LogP contribution in [0, 0.1) is 0 Å². The Morgan fingerprint density at radius 2 is 1.67 bits per heavy atom. The second-order valence-corrected chi connectivity index (χ2v) is 4.84. The number of aromatic amines is 1. The Kier molecular flexibility index (Phi) is 3.04. The van der Waals surface area contributed by atoms with Gasteiger partial charge in [-0.15, -0.1) is 0 Å². The number of hydrogen-bond acceptors (Lipinski definition) is 5.